The monoisotopic (exact) mass is 593 g/mol. The fourth-order valence-corrected chi connectivity index (χ4v) is 5.51. The van der Waals surface area contributed by atoms with Crippen molar-refractivity contribution >= 4 is 35.3 Å². The van der Waals surface area contributed by atoms with Crippen LogP contribution in [0.5, 0.6) is 0 Å². The van der Waals surface area contributed by atoms with Gasteiger partial charge in [0.05, 0.1) is 24.4 Å². The molecule has 1 fully saturated rings. The normalized spacial score (nSPS) is 18.4. The maximum atomic E-state index is 12.3. The van der Waals surface area contributed by atoms with E-state index in [0.29, 0.717) is 43.5 Å². The van der Waals surface area contributed by atoms with Crippen LogP contribution in [-0.4, -0.2) is 45.0 Å². The largest absolute Gasteiger partial charge is 0.481 e. The summed E-state index contributed by atoms with van der Waals surface area (Å²) in [5.41, 5.74) is 3.49. The number of aliphatic carboxylic acids is 1. The second-order valence-electron chi connectivity index (χ2n) is 10.1. The van der Waals surface area contributed by atoms with Crippen LogP contribution < -0.4 is 5.32 Å². The van der Waals surface area contributed by atoms with Crippen molar-refractivity contribution in [2.75, 3.05) is 11.1 Å². The molecule has 0 saturated carbocycles. The molecule has 1 heterocycles. The maximum absolute atomic E-state index is 12.3. The van der Waals surface area contributed by atoms with Gasteiger partial charge < -0.3 is 30.1 Å². The van der Waals surface area contributed by atoms with E-state index in [0.717, 1.165) is 21.6 Å². The molecule has 1 aliphatic heterocycles. The molecule has 0 aliphatic carbocycles. The quantitative estimate of drug-likeness (QED) is 0.127. The molecule has 4 N–H and O–H groups in total. The van der Waals surface area contributed by atoms with Crippen LogP contribution in [0, 0.1) is 0 Å². The number of carbonyl (C=O) groups is 3. The zero-order valence-electron chi connectivity index (χ0n) is 23.1. The fourth-order valence-electron chi connectivity index (χ4n) is 4.59. The SMILES string of the molecule is O=C(O)CCCCCC(=O)Nc1ccc(C2OC(CSc3ccc(C(=O)O)cc3)CC(c3ccc(CO)cc3)O2)cc1. The highest BCUT2D eigenvalue weighted by Crippen LogP contribution is 2.39. The highest BCUT2D eigenvalue weighted by atomic mass is 32.2. The number of hydrogen-bond acceptors (Lipinski definition) is 7. The number of rotatable bonds is 14. The summed E-state index contributed by atoms with van der Waals surface area (Å²) < 4.78 is 12.7. The maximum Gasteiger partial charge on any atom is 0.335 e. The molecule has 42 heavy (non-hydrogen) atoms. The highest BCUT2D eigenvalue weighted by Gasteiger charge is 2.32. The number of amides is 1. The Balaban J connectivity index is 1.39. The predicted octanol–water partition coefficient (Wildman–Crippen LogP) is 6.19. The standard InChI is InChI=1S/C32H35NO8S/c34-19-21-6-8-22(9-7-21)28-18-26(20-42-27-16-12-23(13-17-27)31(38)39)40-32(41-28)24-10-14-25(15-11-24)33-29(35)4-2-1-3-5-30(36)37/h6-17,26,28,32,34H,1-5,18-20H2,(H,33,35)(H,36,37)(H,38,39). The number of nitrogens with one attached hydrogen (secondary N) is 1. The lowest BCUT2D eigenvalue weighted by Crippen LogP contribution is -2.31. The van der Waals surface area contributed by atoms with Crippen LogP contribution in [0.3, 0.4) is 0 Å². The molecule has 1 amide bonds. The minimum atomic E-state index is -0.962. The molecule has 0 radical (unpaired) electrons. The summed E-state index contributed by atoms with van der Waals surface area (Å²) in [5.74, 6) is -1.27. The van der Waals surface area contributed by atoms with E-state index in [9.17, 15) is 19.5 Å². The number of thioether (sulfide) groups is 1. The third kappa shape index (κ3) is 9.42. The minimum absolute atomic E-state index is 0.0366. The number of carboxylic acid groups (broad SMARTS) is 2. The van der Waals surface area contributed by atoms with Gasteiger partial charge in [0, 0.05) is 41.2 Å². The van der Waals surface area contributed by atoms with Crippen LogP contribution in [0.1, 0.15) is 78.0 Å². The van der Waals surface area contributed by atoms with Crippen molar-refractivity contribution in [2.24, 2.45) is 0 Å². The average molecular weight is 594 g/mol. The summed E-state index contributed by atoms with van der Waals surface area (Å²) in [5, 5.41) is 30.2. The number of hydrogen-bond donors (Lipinski definition) is 4. The van der Waals surface area contributed by atoms with Gasteiger partial charge in [-0.2, -0.15) is 0 Å². The Morgan fingerprint density at radius 2 is 1.48 bits per heavy atom. The summed E-state index contributed by atoms with van der Waals surface area (Å²) >= 11 is 1.58. The first-order chi connectivity index (χ1) is 20.3. The lowest BCUT2D eigenvalue weighted by molar-refractivity contribution is -0.245. The van der Waals surface area contributed by atoms with Gasteiger partial charge in [-0.25, -0.2) is 4.79 Å². The number of unbranched alkanes of at least 4 members (excludes halogenated alkanes) is 2. The van der Waals surface area contributed by atoms with Crippen molar-refractivity contribution in [3.63, 3.8) is 0 Å². The van der Waals surface area contributed by atoms with E-state index < -0.39 is 18.2 Å². The molecular weight excluding hydrogens is 558 g/mol. The molecule has 3 aromatic carbocycles. The van der Waals surface area contributed by atoms with Crippen LogP contribution >= 0.6 is 11.8 Å². The van der Waals surface area contributed by atoms with Crippen molar-refractivity contribution in [1.82, 2.24) is 0 Å². The summed E-state index contributed by atoms with van der Waals surface area (Å²) in [7, 11) is 0. The number of ether oxygens (including phenoxy) is 2. The molecule has 1 saturated heterocycles. The summed E-state index contributed by atoms with van der Waals surface area (Å²) in [6.07, 6.45) is 1.90. The molecule has 3 aromatic rings. The molecule has 1 aliphatic rings. The number of benzene rings is 3. The van der Waals surface area contributed by atoms with E-state index in [1.165, 1.54) is 0 Å². The number of aromatic carboxylic acids is 1. The first kappa shape index (κ1) is 31.2. The Morgan fingerprint density at radius 3 is 2.12 bits per heavy atom. The van der Waals surface area contributed by atoms with Crippen LogP contribution in [-0.2, 0) is 25.7 Å². The lowest BCUT2D eigenvalue weighted by Gasteiger charge is -2.36. The van der Waals surface area contributed by atoms with Crippen LogP contribution in [0.2, 0.25) is 0 Å². The molecular formula is C32H35NO8S. The second-order valence-corrected chi connectivity index (χ2v) is 11.2. The smallest absolute Gasteiger partial charge is 0.335 e. The van der Waals surface area contributed by atoms with Crippen molar-refractivity contribution < 1.29 is 39.2 Å². The first-order valence-electron chi connectivity index (χ1n) is 13.9. The van der Waals surface area contributed by atoms with Gasteiger partial charge in [0.25, 0.3) is 0 Å². The van der Waals surface area contributed by atoms with Gasteiger partial charge >= 0.3 is 11.9 Å². The van der Waals surface area contributed by atoms with Crippen molar-refractivity contribution in [1.29, 1.82) is 0 Å². The number of aliphatic hydroxyl groups excluding tert-OH is 1. The van der Waals surface area contributed by atoms with Gasteiger partial charge in [0.15, 0.2) is 6.29 Å². The summed E-state index contributed by atoms with van der Waals surface area (Å²) in [6, 6.07) is 21.7. The van der Waals surface area contributed by atoms with E-state index in [1.54, 1.807) is 48.2 Å². The van der Waals surface area contributed by atoms with E-state index in [-0.39, 0.29) is 36.7 Å². The first-order valence-corrected chi connectivity index (χ1v) is 14.9. The second kappa shape index (κ2) is 15.5. The topological polar surface area (TPSA) is 142 Å². The van der Waals surface area contributed by atoms with Gasteiger partial charge in [0.1, 0.15) is 0 Å². The van der Waals surface area contributed by atoms with Crippen LogP contribution in [0.4, 0.5) is 5.69 Å². The molecule has 3 atom stereocenters. The van der Waals surface area contributed by atoms with Crippen LogP contribution in [0.15, 0.2) is 77.7 Å². The Kier molecular flexibility index (Phi) is 11.5. The van der Waals surface area contributed by atoms with E-state index in [4.69, 9.17) is 19.7 Å². The van der Waals surface area contributed by atoms with Gasteiger partial charge in [-0.3, -0.25) is 9.59 Å². The van der Waals surface area contributed by atoms with E-state index in [2.05, 4.69) is 5.32 Å². The Hall–Kier alpha value is -3.70. The van der Waals surface area contributed by atoms with Gasteiger partial charge in [0.2, 0.25) is 5.91 Å². The lowest BCUT2D eigenvalue weighted by atomic mass is 10.0. The molecule has 0 bridgehead atoms. The van der Waals surface area contributed by atoms with E-state index >= 15 is 0 Å². The van der Waals surface area contributed by atoms with Crippen molar-refractivity contribution in [2.45, 2.75) is 68.5 Å². The van der Waals surface area contributed by atoms with Gasteiger partial charge in [-0.1, -0.05) is 42.8 Å². The molecule has 4 rings (SSSR count). The number of carbonyl (C=O) groups excluding carboxylic acids is 1. The zero-order chi connectivity index (χ0) is 29.9. The molecule has 222 valence electrons. The van der Waals surface area contributed by atoms with Crippen molar-refractivity contribution in [3.8, 4) is 0 Å². The average Bonchev–Trinajstić information content (AvgIpc) is 3.00. The number of aliphatic hydroxyl groups is 1. The molecule has 0 spiro atoms. The Morgan fingerprint density at radius 1 is 0.810 bits per heavy atom. The summed E-state index contributed by atoms with van der Waals surface area (Å²) in [4.78, 5) is 35.0. The fraction of sp³-hybridized carbons (Fsp3) is 0.344. The van der Waals surface area contributed by atoms with Gasteiger partial charge in [-0.15, -0.1) is 11.8 Å². The molecule has 9 nitrogen and oxygen atoms in total. The molecule has 10 heteroatoms. The third-order valence-corrected chi connectivity index (χ3v) is 8.06. The highest BCUT2D eigenvalue weighted by molar-refractivity contribution is 7.99. The Labute approximate surface area is 248 Å². The van der Waals surface area contributed by atoms with Crippen LogP contribution in [0.25, 0.3) is 0 Å². The Bertz CT molecular complexity index is 1330. The van der Waals surface area contributed by atoms with Gasteiger partial charge in [-0.05, 0) is 60.4 Å². The van der Waals surface area contributed by atoms with E-state index in [1.807, 2.05) is 36.4 Å². The number of anilines is 1. The molecule has 3 unspecified atom stereocenters. The number of carboxylic acids is 2. The molecule has 0 aromatic heterocycles. The minimum Gasteiger partial charge on any atom is -0.481 e. The van der Waals surface area contributed by atoms with Crippen molar-refractivity contribution in [3.05, 3.63) is 95.1 Å². The zero-order valence-corrected chi connectivity index (χ0v) is 23.9. The summed E-state index contributed by atoms with van der Waals surface area (Å²) in [6.45, 7) is -0.0366. The predicted molar refractivity (Wildman–Crippen MR) is 158 cm³/mol. The third-order valence-electron chi connectivity index (χ3n) is 6.91.